The van der Waals surface area contributed by atoms with Gasteiger partial charge in [0.1, 0.15) is 5.75 Å². The first-order valence-electron chi connectivity index (χ1n) is 5.39. The zero-order valence-electron chi connectivity index (χ0n) is 10.4. The number of carbonyl (C=O) groups excluding carboxylic acids is 1. The average molecular weight is 268 g/mol. The van der Waals surface area contributed by atoms with Gasteiger partial charge in [-0.2, -0.15) is 0 Å². The first-order chi connectivity index (χ1) is 8.67. The van der Waals surface area contributed by atoms with E-state index in [0.717, 1.165) is 0 Å². The third-order valence-corrected chi connectivity index (χ3v) is 2.42. The van der Waals surface area contributed by atoms with Crippen molar-refractivity contribution in [3.05, 3.63) is 29.8 Å². The average Bonchev–Trinajstić information content (AvgIpc) is 2.39. The predicted octanol–water partition coefficient (Wildman–Crippen LogP) is 0.946. The second-order valence-electron chi connectivity index (χ2n) is 3.43. The van der Waals surface area contributed by atoms with E-state index in [1.54, 1.807) is 38.5 Å². The summed E-state index contributed by atoms with van der Waals surface area (Å²) in [6.07, 6.45) is 0. The number of thiocarbonyl (C=S) groups is 1. The molecular formula is C12H16N2O3S. The van der Waals surface area contributed by atoms with Crippen molar-refractivity contribution in [1.82, 2.24) is 10.6 Å². The maximum absolute atomic E-state index is 11.8. The van der Waals surface area contributed by atoms with Crippen molar-refractivity contribution < 1.29 is 14.3 Å². The van der Waals surface area contributed by atoms with E-state index < -0.39 is 0 Å². The quantitative estimate of drug-likeness (QED) is 0.615. The van der Waals surface area contributed by atoms with Gasteiger partial charge < -0.3 is 14.8 Å². The van der Waals surface area contributed by atoms with Crippen molar-refractivity contribution in [1.29, 1.82) is 0 Å². The molecule has 0 aliphatic rings. The van der Waals surface area contributed by atoms with Crippen molar-refractivity contribution in [2.24, 2.45) is 0 Å². The van der Waals surface area contributed by atoms with Crippen molar-refractivity contribution >= 4 is 23.2 Å². The van der Waals surface area contributed by atoms with Gasteiger partial charge in [-0.05, 0) is 36.5 Å². The van der Waals surface area contributed by atoms with Gasteiger partial charge in [0.25, 0.3) is 5.91 Å². The second kappa shape index (κ2) is 7.62. The Labute approximate surface area is 111 Å². The van der Waals surface area contributed by atoms with Crippen molar-refractivity contribution in [2.45, 2.75) is 0 Å². The molecule has 0 aromatic heterocycles. The Balaban J connectivity index is 2.46. The summed E-state index contributed by atoms with van der Waals surface area (Å²) in [5, 5.41) is 5.72. The summed E-state index contributed by atoms with van der Waals surface area (Å²) >= 11 is 4.97. The summed E-state index contributed by atoms with van der Waals surface area (Å²) in [5.74, 6) is 0.444. The molecule has 5 nitrogen and oxygen atoms in total. The number of amides is 1. The molecule has 98 valence electrons. The highest BCUT2D eigenvalue weighted by molar-refractivity contribution is 7.80. The molecule has 0 spiro atoms. The largest absolute Gasteiger partial charge is 0.497 e. The van der Waals surface area contributed by atoms with Gasteiger partial charge in [0, 0.05) is 19.2 Å². The van der Waals surface area contributed by atoms with Crippen LogP contribution in [0, 0.1) is 0 Å². The highest BCUT2D eigenvalue weighted by Gasteiger charge is 2.07. The van der Waals surface area contributed by atoms with Crippen LogP contribution in [0.2, 0.25) is 0 Å². The number of methoxy groups -OCH3 is 2. The first-order valence-corrected chi connectivity index (χ1v) is 5.80. The molecule has 0 unspecified atom stereocenters. The van der Waals surface area contributed by atoms with E-state index in [0.29, 0.717) is 24.5 Å². The van der Waals surface area contributed by atoms with Crippen LogP contribution in [0.3, 0.4) is 0 Å². The zero-order chi connectivity index (χ0) is 13.4. The van der Waals surface area contributed by atoms with E-state index >= 15 is 0 Å². The fourth-order valence-corrected chi connectivity index (χ4v) is 1.42. The predicted molar refractivity (Wildman–Crippen MR) is 72.9 cm³/mol. The standard InChI is InChI=1S/C12H16N2O3S/c1-16-8-7-13-12(18)14-11(15)9-3-5-10(17-2)6-4-9/h3-6H,7-8H2,1-2H3,(H2,13,14,15,18). The summed E-state index contributed by atoms with van der Waals surface area (Å²) in [6, 6.07) is 6.78. The maximum atomic E-state index is 11.8. The van der Waals surface area contributed by atoms with E-state index in [9.17, 15) is 4.79 Å². The fourth-order valence-electron chi connectivity index (χ4n) is 1.23. The van der Waals surface area contributed by atoms with Crippen LogP contribution in [0.4, 0.5) is 0 Å². The van der Waals surface area contributed by atoms with Gasteiger partial charge in [-0.25, -0.2) is 0 Å². The number of hydrogen-bond donors (Lipinski definition) is 2. The summed E-state index contributed by atoms with van der Waals surface area (Å²) < 4.78 is 9.87. The monoisotopic (exact) mass is 268 g/mol. The van der Waals surface area contributed by atoms with Gasteiger partial charge in [0.05, 0.1) is 13.7 Å². The molecule has 6 heteroatoms. The molecule has 18 heavy (non-hydrogen) atoms. The molecule has 0 saturated carbocycles. The van der Waals surface area contributed by atoms with Gasteiger partial charge in [-0.15, -0.1) is 0 Å². The third kappa shape index (κ3) is 4.68. The number of ether oxygens (including phenoxy) is 2. The number of benzene rings is 1. The van der Waals surface area contributed by atoms with E-state index in [4.69, 9.17) is 21.7 Å². The number of rotatable bonds is 5. The van der Waals surface area contributed by atoms with E-state index in [1.165, 1.54) is 0 Å². The number of nitrogens with one attached hydrogen (secondary N) is 2. The van der Waals surface area contributed by atoms with E-state index in [-0.39, 0.29) is 11.0 Å². The Morgan fingerprint density at radius 2 is 1.94 bits per heavy atom. The molecule has 0 aliphatic carbocycles. The summed E-state index contributed by atoms with van der Waals surface area (Å²) in [7, 11) is 3.17. The zero-order valence-corrected chi connectivity index (χ0v) is 11.2. The molecule has 2 N–H and O–H groups in total. The molecule has 0 fully saturated rings. The van der Waals surface area contributed by atoms with Gasteiger partial charge in [-0.1, -0.05) is 0 Å². The molecule has 1 aromatic rings. The number of carbonyl (C=O) groups is 1. The van der Waals surface area contributed by atoms with Gasteiger partial charge in [0.15, 0.2) is 5.11 Å². The lowest BCUT2D eigenvalue weighted by Gasteiger charge is -2.09. The van der Waals surface area contributed by atoms with E-state index in [1.807, 2.05) is 0 Å². The minimum atomic E-state index is -0.257. The highest BCUT2D eigenvalue weighted by Crippen LogP contribution is 2.10. The van der Waals surface area contributed by atoms with Crippen LogP contribution < -0.4 is 15.4 Å². The van der Waals surface area contributed by atoms with Crippen molar-refractivity contribution in [3.63, 3.8) is 0 Å². The molecule has 0 heterocycles. The fraction of sp³-hybridized carbons (Fsp3) is 0.333. The van der Waals surface area contributed by atoms with E-state index in [2.05, 4.69) is 10.6 Å². The molecule has 0 aliphatic heterocycles. The topological polar surface area (TPSA) is 59.6 Å². The highest BCUT2D eigenvalue weighted by atomic mass is 32.1. The lowest BCUT2D eigenvalue weighted by Crippen LogP contribution is -2.40. The van der Waals surface area contributed by atoms with Crippen molar-refractivity contribution in [3.8, 4) is 5.75 Å². The minimum Gasteiger partial charge on any atom is -0.497 e. The van der Waals surface area contributed by atoms with Crippen LogP contribution in [-0.2, 0) is 4.74 Å². The Morgan fingerprint density at radius 3 is 2.50 bits per heavy atom. The van der Waals surface area contributed by atoms with Crippen molar-refractivity contribution in [2.75, 3.05) is 27.4 Å². The smallest absolute Gasteiger partial charge is 0.257 e. The van der Waals surface area contributed by atoms with Crippen LogP contribution in [-0.4, -0.2) is 38.4 Å². The van der Waals surface area contributed by atoms with Crippen LogP contribution in [0.1, 0.15) is 10.4 Å². The second-order valence-corrected chi connectivity index (χ2v) is 3.84. The van der Waals surface area contributed by atoms with Crippen LogP contribution in [0.5, 0.6) is 5.75 Å². The lowest BCUT2D eigenvalue weighted by molar-refractivity contribution is 0.0976. The van der Waals surface area contributed by atoms with Gasteiger partial charge >= 0.3 is 0 Å². The Morgan fingerprint density at radius 1 is 1.28 bits per heavy atom. The Bertz CT molecular complexity index is 406. The molecule has 1 rings (SSSR count). The summed E-state index contributed by atoms with van der Waals surface area (Å²) in [6.45, 7) is 1.08. The molecular weight excluding hydrogens is 252 g/mol. The molecule has 1 amide bonds. The van der Waals surface area contributed by atoms with Crippen LogP contribution >= 0.6 is 12.2 Å². The molecule has 0 atom stereocenters. The maximum Gasteiger partial charge on any atom is 0.257 e. The summed E-state index contributed by atoms with van der Waals surface area (Å²) in [5.41, 5.74) is 0.520. The van der Waals surface area contributed by atoms with Gasteiger partial charge in [-0.3, -0.25) is 10.1 Å². The Kier molecular flexibility index (Phi) is 6.10. The van der Waals surface area contributed by atoms with Crippen LogP contribution in [0.15, 0.2) is 24.3 Å². The lowest BCUT2D eigenvalue weighted by atomic mass is 10.2. The SMILES string of the molecule is COCCNC(=S)NC(=O)c1ccc(OC)cc1. The number of hydrogen-bond acceptors (Lipinski definition) is 4. The molecule has 1 aromatic carbocycles. The minimum absolute atomic E-state index is 0.257. The molecule has 0 bridgehead atoms. The van der Waals surface area contributed by atoms with Crippen LogP contribution in [0.25, 0.3) is 0 Å². The summed E-state index contributed by atoms with van der Waals surface area (Å²) in [4.78, 5) is 11.8. The molecule has 0 saturated heterocycles. The third-order valence-electron chi connectivity index (χ3n) is 2.17. The van der Waals surface area contributed by atoms with Gasteiger partial charge in [0.2, 0.25) is 0 Å². The molecule has 0 radical (unpaired) electrons. The Hall–Kier alpha value is -1.66. The normalized spacial score (nSPS) is 9.67. The first kappa shape index (κ1) is 14.4.